The van der Waals surface area contributed by atoms with Gasteiger partial charge < -0.3 is 207 Å². The van der Waals surface area contributed by atoms with Gasteiger partial charge in [0.1, 0.15) is 171 Å². The zero-order valence-electron chi connectivity index (χ0n) is 59.1. The minimum absolute atomic E-state index is 0.379. The highest BCUT2D eigenvalue weighted by Gasteiger charge is 2.60. The lowest BCUT2D eigenvalue weighted by Crippen LogP contribution is -2.68. The molecule has 0 aromatic carbocycles. The van der Waals surface area contributed by atoms with Crippen LogP contribution in [0.5, 0.6) is 0 Å². The van der Waals surface area contributed by atoms with Crippen LogP contribution >= 0.6 is 0 Å². The van der Waals surface area contributed by atoms with Crippen molar-refractivity contribution in [2.45, 2.75) is 306 Å². The van der Waals surface area contributed by atoms with E-state index >= 15 is 0 Å². The third-order valence-electron chi connectivity index (χ3n) is 18.0. The van der Waals surface area contributed by atoms with Crippen LogP contribution in [0, 0.1) is 0 Å². The third kappa shape index (κ3) is 23.7. The molecule has 42 heteroatoms. The lowest BCUT2D eigenvalue weighted by atomic mass is 9.95. The highest BCUT2D eigenvalue weighted by atomic mass is 16.8. The Balaban J connectivity index is 1.20. The molecule has 0 saturated carbocycles. The minimum Gasteiger partial charge on any atom is -0.391 e. The Morgan fingerprint density at radius 1 is 0.181 bits per heavy atom. The topological polar surface area (TPSA) is 619 Å². The first-order valence-electron chi connectivity index (χ1n) is 35.2. The van der Waals surface area contributed by atoms with E-state index in [9.17, 15) is 107 Å². The predicted octanol–water partition coefficient (Wildman–Crippen LogP) is -12.4. The van der Waals surface area contributed by atoms with E-state index in [0.717, 1.165) is 0 Å². The summed E-state index contributed by atoms with van der Waals surface area (Å²) in [6.45, 7) is 2.51. The van der Waals surface area contributed by atoms with Gasteiger partial charge in [-0.05, 0) is 48.5 Å². The number of hydrogen-bond donors (Lipinski definition) is 21. The molecule has 0 radical (unpaired) electrons. The van der Waals surface area contributed by atoms with Crippen molar-refractivity contribution in [2.24, 2.45) is 0 Å². The number of aliphatic hydroxyl groups is 21. The van der Waals surface area contributed by atoms with E-state index in [1.165, 1.54) is 48.5 Å². The fourth-order valence-electron chi connectivity index (χ4n) is 12.8. The highest BCUT2D eigenvalue weighted by molar-refractivity contribution is 5.02. The van der Waals surface area contributed by atoms with Crippen molar-refractivity contribution in [3.05, 3.63) is 0 Å². The molecule has 21 saturated heterocycles. The average molecular weight is 1540 g/mol. The van der Waals surface area contributed by atoms with E-state index in [-0.39, 0.29) is 46.2 Å². The zero-order chi connectivity index (χ0) is 77.0. The summed E-state index contributed by atoms with van der Waals surface area (Å²) in [5.41, 5.74) is 0. The van der Waals surface area contributed by atoms with Crippen LogP contribution in [0.3, 0.4) is 0 Å². The van der Waals surface area contributed by atoms with Crippen molar-refractivity contribution < 1.29 is 207 Å². The maximum atomic E-state index is 12.1. The number of hydrogen-bond acceptors (Lipinski definition) is 42. The Morgan fingerprint density at radius 3 is 0.381 bits per heavy atom. The first-order chi connectivity index (χ1) is 49.6. The quantitative estimate of drug-likeness (QED) is 0.0346. The van der Waals surface area contributed by atoms with Crippen molar-refractivity contribution in [2.75, 3.05) is 92.5 Å². The maximum Gasteiger partial charge on any atom is 0.187 e. The molecule has 616 valence electrons. The van der Waals surface area contributed by atoms with Crippen molar-refractivity contribution in [1.82, 2.24) is 0 Å². The van der Waals surface area contributed by atoms with E-state index in [1.54, 1.807) is 0 Å². The van der Waals surface area contributed by atoms with Gasteiger partial charge in [-0.15, -0.1) is 0 Å². The van der Waals surface area contributed by atoms with Gasteiger partial charge in [0, 0.05) is 0 Å². The summed E-state index contributed by atoms with van der Waals surface area (Å²) in [7, 11) is 0. The molecule has 14 bridgehead atoms. The molecule has 42 nitrogen and oxygen atoms in total. The van der Waals surface area contributed by atoms with Gasteiger partial charge in [0.2, 0.25) is 0 Å². The van der Waals surface area contributed by atoms with Crippen molar-refractivity contribution in [3.8, 4) is 0 Å². The van der Waals surface area contributed by atoms with E-state index in [4.69, 9.17) is 99.5 Å². The normalized spacial score (nSPS) is 46.0. The average Bonchev–Trinajstić information content (AvgIpc) is 0.785. The second-order valence-electron chi connectivity index (χ2n) is 28.1. The van der Waals surface area contributed by atoms with Crippen LogP contribution in [0.25, 0.3) is 0 Å². The van der Waals surface area contributed by atoms with E-state index < -0.39 is 304 Å². The van der Waals surface area contributed by atoms with E-state index in [2.05, 4.69) is 0 Å². The van der Waals surface area contributed by atoms with Crippen LogP contribution in [0.1, 0.15) is 48.5 Å². The summed E-state index contributed by atoms with van der Waals surface area (Å²) in [4.78, 5) is 0. The number of ether oxygens (including phenoxy) is 21. The first kappa shape index (κ1) is 88.9. The van der Waals surface area contributed by atoms with Gasteiger partial charge in [0.05, 0.1) is 135 Å². The number of aliphatic hydroxyl groups excluding tert-OH is 21. The van der Waals surface area contributed by atoms with Crippen LogP contribution in [0.2, 0.25) is 0 Å². The molecular weight excluding hydrogens is 1430 g/mol. The van der Waals surface area contributed by atoms with Crippen molar-refractivity contribution in [3.63, 3.8) is 0 Å². The summed E-state index contributed by atoms with van der Waals surface area (Å²) in [5, 5.41) is 240. The molecule has 0 aromatic heterocycles. The van der Waals surface area contributed by atoms with Gasteiger partial charge in [-0.2, -0.15) is 0 Å². The van der Waals surface area contributed by atoms with Crippen LogP contribution in [-0.2, 0) is 99.5 Å². The van der Waals surface area contributed by atoms with Gasteiger partial charge in [0.25, 0.3) is 0 Å². The minimum atomic E-state index is -2.24. The van der Waals surface area contributed by atoms with Gasteiger partial charge in [-0.25, -0.2) is 0 Å². The molecule has 0 aliphatic carbocycles. The van der Waals surface area contributed by atoms with Crippen LogP contribution in [-0.4, -0.2) is 457 Å². The molecule has 7 unspecified atom stereocenters. The zero-order valence-corrected chi connectivity index (χ0v) is 59.1. The largest absolute Gasteiger partial charge is 0.391 e. The summed E-state index contributed by atoms with van der Waals surface area (Å²) in [5.74, 6) is 0. The molecule has 0 amide bonds. The number of rotatable bonds is 28. The highest BCUT2D eigenvalue weighted by Crippen LogP contribution is 2.40. The molecule has 21 N–H and O–H groups in total. The Bertz CT molecular complexity index is 2000. The molecule has 105 heavy (non-hydrogen) atoms. The Kier molecular flexibility index (Phi) is 35.0. The van der Waals surface area contributed by atoms with Crippen LogP contribution < -0.4 is 0 Å². The summed E-state index contributed by atoms with van der Waals surface area (Å²) in [6, 6.07) is 0. The van der Waals surface area contributed by atoms with Crippen LogP contribution in [0.15, 0.2) is 0 Å². The van der Waals surface area contributed by atoms with Crippen molar-refractivity contribution >= 4 is 0 Å². The molecule has 21 aliphatic rings. The molecule has 21 rings (SSSR count). The van der Waals surface area contributed by atoms with Crippen LogP contribution in [0.4, 0.5) is 0 Å². The molecule has 0 spiro atoms. The fourth-order valence-corrected chi connectivity index (χ4v) is 12.8. The second-order valence-corrected chi connectivity index (χ2v) is 28.1. The first-order valence-corrected chi connectivity index (χ1v) is 35.2. The lowest BCUT2D eigenvalue weighted by Gasteiger charge is -2.50. The van der Waals surface area contributed by atoms with Crippen molar-refractivity contribution in [1.29, 1.82) is 0 Å². The standard InChI is InChI=1S/C63H112O42/c1-22(64)8-85-15-29-50-36(71)43(78)57(92-29)100-51-30(16-86-9-23(2)65)94-59(45(80)38(51)73)102-53-32(18-88-11-25(4)67)96-61(47(82)40(53)75)104-55-34(20-90-13-27(6)69)98-63(49(84)42(55)77)105-56-35(21-91-14-28(7)70)97-62(48(83)41(56)76)103-54-33(19-89-12-26(5)68)95-60(46(81)39(54)74)101-52-31(17-87-10-24(3)66)93-58(99-50)44(79)37(52)72/h22-84H,8-21H2,1-7H3/t22?,23?,24?,25?,26?,27?,28?,29-,30-,31-,32-,33-,34-,35-,36-,37-,38-,39-,40-,41-,42+,43-,44-,45-,46-,47-,48-,49+,50-,51-,52-,53-,54-,55-,56-,57-,58-,59-,60-,61-,62-,63-/m0/s1. The monoisotopic (exact) mass is 1540 g/mol. The second kappa shape index (κ2) is 41.4. The molecule has 21 aliphatic heterocycles. The Labute approximate surface area is 603 Å². The molecule has 21 fully saturated rings. The van der Waals surface area contributed by atoms with Gasteiger partial charge in [-0.3, -0.25) is 0 Å². The van der Waals surface area contributed by atoms with E-state index in [1.807, 2.05) is 0 Å². The summed E-state index contributed by atoms with van der Waals surface area (Å²) < 4.78 is 126. The van der Waals surface area contributed by atoms with E-state index in [0.29, 0.717) is 0 Å². The predicted molar refractivity (Wildman–Crippen MR) is 336 cm³/mol. The Morgan fingerprint density at radius 2 is 0.286 bits per heavy atom. The third-order valence-corrected chi connectivity index (χ3v) is 18.0. The summed E-state index contributed by atoms with van der Waals surface area (Å²) >= 11 is 0. The van der Waals surface area contributed by atoms with Gasteiger partial charge >= 0.3 is 0 Å². The summed E-state index contributed by atoms with van der Waals surface area (Å²) in [6.07, 6.45) is -78.0. The lowest BCUT2D eigenvalue weighted by molar-refractivity contribution is -0.398. The molecule has 0 aromatic rings. The smallest absolute Gasteiger partial charge is 0.187 e. The molecular formula is C63H112O42. The van der Waals surface area contributed by atoms with Gasteiger partial charge in [-0.1, -0.05) is 0 Å². The molecule has 42 atom stereocenters. The Hall–Kier alpha value is -1.68. The van der Waals surface area contributed by atoms with Gasteiger partial charge in [0.15, 0.2) is 44.0 Å². The molecule has 21 heterocycles. The fraction of sp³-hybridized carbons (Fsp3) is 1.00. The maximum absolute atomic E-state index is 12.1. The SMILES string of the molecule is CC(O)COC[C@@H]1O[C@H]2O[C@@H]3[C@@H](O)[C@H](O)[C@H](O[C@@H]4[C@@H](O)[C@H](O)[C@H](O[C@@H]5[C@@H](O)[C@H](O)[C@H](O[C@@H]6[C@@H](O)[C@H](O)[C@H](O[C@@H]7[C@@H](O)[C@H](O)[C@H](O[C@@H]8[C@@H](O)[C@H](O)[C@H](O[C@@H]1[C@H](O)[C@H]2O)O[C@H]8COCC(C)O)O[C@H]7COCC(C)O)O[C@H]6COCC(C)O)O[C@H]5COCC(C)O)O[C@H]4COCC(C)O)O[C@H]3COCC(C)O.